The highest BCUT2D eigenvalue weighted by Crippen LogP contribution is 2.25. The molecule has 0 bridgehead atoms. The minimum Gasteiger partial charge on any atom is -0.325 e. The maximum atomic E-state index is 13.2. The van der Waals surface area contributed by atoms with Gasteiger partial charge in [-0.1, -0.05) is 17.7 Å². The first kappa shape index (κ1) is 18.9. The Balaban J connectivity index is 2.15. The van der Waals surface area contributed by atoms with Gasteiger partial charge in [-0.05, 0) is 50.6 Å². The van der Waals surface area contributed by atoms with Crippen LogP contribution in [-0.4, -0.2) is 11.8 Å². The summed E-state index contributed by atoms with van der Waals surface area (Å²) in [6, 6.07) is 7.97. The third kappa shape index (κ3) is 4.33. The number of benzene rings is 2. The van der Waals surface area contributed by atoms with Crippen LogP contribution in [0.5, 0.6) is 0 Å². The van der Waals surface area contributed by atoms with E-state index in [1.807, 2.05) is 0 Å². The lowest BCUT2D eigenvalue weighted by molar-refractivity contribution is -0.135. The van der Waals surface area contributed by atoms with Crippen LogP contribution in [-0.2, 0) is 9.59 Å². The van der Waals surface area contributed by atoms with Gasteiger partial charge in [0, 0.05) is 22.5 Å². The van der Waals surface area contributed by atoms with E-state index in [1.165, 1.54) is 19.9 Å². The summed E-state index contributed by atoms with van der Waals surface area (Å²) in [5.41, 5.74) is -0.121. The number of rotatable bonds is 4. The van der Waals surface area contributed by atoms with E-state index in [9.17, 15) is 18.4 Å². The standard InChI is InChI=1S/C18H17ClF2N2O2/c1-10-4-5-11(19)8-15(10)23-17(25)18(2,3)16(24)22-12-6-7-13(20)14(21)9-12/h4-9H,1-3H3,(H,22,24)(H,23,25). The summed E-state index contributed by atoms with van der Waals surface area (Å²) in [6.07, 6.45) is 0. The molecule has 0 aliphatic carbocycles. The molecule has 25 heavy (non-hydrogen) atoms. The highest BCUT2D eigenvalue weighted by Gasteiger charge is 2.36. The summed E-state index contributed by atoms with van der Waals surface area (Å²) in [6.45, 7) is 4.65. The summed E-state index contributed by atoms with van der Waals surface area (Å²) in [7, 11) is 0. The van der Waals surface area contributed by atoms with Gasteiger partial charge in [0.25, 0.3) is 0 Å². The molecule has 0 saturated carbocycles. The minimum absolute atomic E-state index is 0.0590. The molecule has 0 heterocycles. The number of amides is 2. The van der Waals surface area contributed by atoms with E-state index in [2.05, 4.69) is 10.6 Å². The molecular formula is C18H17ClF2N2O2. The van der Waals surface area contributed by atoms with E-state index < -0.39 is 28.9 Å². The second kappa shape index (κ2) is 7.19. The van der Waals surface area contributed by atoms with Crippen molar-refractivity contribution in [1.82, 2.24) is 0 Å². The molecule has 0 unspecified atom stereocenters. The zero-order valence-corrected chi connectivity index (χ0v) is 14.7. The van der Waals surface area contributed by atoms with Crippen LogP contribution in [0.3, 0.4) is 0 Å². The van der Waals surface area contributed by atoms with E-state index in [-0.39, 0.29) is 5.69 Å². The third-order valence-corrected chi connectivity index (χ3v) is 4.00. The van der Waals surface area contributed by atoms with E-state index >= 15 is 0 Å². The van der Waals surface area contributed by atoms with Crippen molar-refractivity contribution in [1.29, 1.82) is 0 Å². The van der Waals surface area contributed by atoms with Crippen molar-refractivity contribution in [3.05, 3.63) is 58.6 Å². The summed E-state index contributed by atoms with van der Waals surface area (Å²) >= 11 is 5.92. The number of hydrogen-bond donors (Lipinski definition) is 2. The third-order valence-electron chi connectivity index (χ3n) is 3.76. The van der Waals surface area contributed by atoms with Gasteiger partial charge in [-0.25, -0.2) is 8.78 Å². The zero-order valence-electron chi connectivity index (χ0n) is 13.9. The Bertz CT molecular complexity index is 838. The first-order valence-electron chi connectivity index (χ1n) is 7.45. The van der Waals surface area contributed by atoms with Crippen molar-refractivity contribution in [3.63, 3.8) is 0 Å². The number of carbonyl (C=O) groups excluding carboxylic acids is 2. The number of anilines is 2. The molecule has 0 atom stereocenters. The van der Waals surface area contributed by atoms with Crippen LogP contribution >= 0.6 is 11.6 Å². The van der Waals surface area contributed by atoms with Gasteiger partial charge in [-0.15, -0.1) is 0 Å². The Morgan fingerprint density at radius 3 is 2.24 bits per heavy atom. The fourth-order valence-electron chi connectivity index (χ4n) is 1.97. The second-order valence-corrected chi connectivity index (χ2v) is 6.56. The summed E-state index contributed by atoms with van der Waals surface area (Å²) < 4.78 is 26.2. The molecular weight excluding hydrogens is 350 g/mol. The predicted octanol–water partition coefficient (Wildman–Crippen LogP) is 4.53. The minimum atomic E-state index is -1.46. The molecule has 0 saturated heterocycles. The molecule has 0 aliphatic rings. The summed E-state index contributed by atoms with van der Waals surface area (Å²) in [4.78, 5) is 24.9. The second-order valence-electron chi connectivity index (χ2n) is 6.12. The van der Waals surface area contributed by atoms with E-state index in [0.717, 1.165) is 17.7 Å². The smallest absolute Gasteiger partial charge is 0.239 e. The molecule has 4 nitrogen and oxygen atoms in total. The van der Waals surface area contributed by atoms with Crippen molar-refractivity contribution in [2.75, 3.05) is 10.6 Å². The molecule has 2 amide bonds. The van der Waals surface area contributed by atoms with E-state index in [4.69, 9.17) is 11.6 Å². The molecule has 132 valence electrons. The normalized spacial score (nSPS) is 11.1. The van der Waals surface area contributed by atoms with Crippen molar-refractivity contribution < 1.29 is 18.4 Å². The molecule has 0 aliphatic heterocycles. The van der Waals surface area contributed by atoms with Crippen LogP contribution in [0.2, 0.25) is 5.02 Å². The van der Waals surface area contributed by atoms with Gasteiger partial charge in [0.2, 0.25) is 11.8 Å². The lowest BCUT2D eigenvalue weighted by Gasteiger charge is -2.23. The van der Waals surface area contributed by atoms with Crippen molar-refractivity contribution in [2.24, 2.45) is 5.41 Å². The fourth-order valence-corrected chi connectivity index (χ4v) is 2.14. The molecule has 2 N–H and O–H groups in total. The van der Waals surface area contributed by atoms with Gasteiger partial charge in [0.05, 0.1) is 0 Å². The molecule has 2 rings (SSSR count). The average Bonchev–Trinajstić information content (AvgIpc) is 2.54. The van der Waals surface area contributed by atoms with Gasteiger partial charge in [0.15, 0.2) is 11.6 Å². The van der Waals surface area contributed by atoms with Gasteiger partial charge >= 0.3 is 0 Å². The van der Waals surface area contributed by atoms with E-state index in [0.29, 0.717) is 10.7 Å². The molecule has 2 aromatic rings. The average molecular weight is 367 g/mol. The maximum Gasteiger partial charge on any atom is 0.239 e. The molecule has 0 fully saturated rings. The quantitative estimate of drug-likeness (QED) is 0.781. The Kier molecular flexibility index (Phi) is 5.42. The zero-order chi connectivity index (χ0) is 18.8. The maximum absolute atomic E-state index is 13.2. The number of nitrogens with one attached hydrogen (secondary N) is 2. The lowest BCUT2D eigenvalue weighted by Crippen LogP contribution is -2.41. The number of aryl methyl sites for hydroxylation is 1. The highest BCUT2D eigenvalue weighted by molar-refractivity contribution is 6.31. The molecule has 7 heteroatoms. The largest absolute Gasteiger partial charge is 0.325 e. The van der Waals surface area contributed by atoms with Gasteiger partial charge in [-0.2, -0.15) is 0 Å². The topological polar surface area (TPSA) is 58.2 Å². The van der Waals surface area contributed by atoms with Crippen LogP contribution in [0.25, 0.3) is 0 Å². The Morgan fingerprint density at radius 2 is 1.60 bits per heavy atom. The fraction of sp³-hybridized carbons (Fsp3) is 0.222. The Hall–Kier alpha value is -2.47. The number of hydrogen-bond acceptors (Lipinski definition) is 2. The summed E-state index contributed by atoms with van der Waals surface area (Å²) in [5.74, 6) is -3.32. The molecule has 0 aromatic heterocycles. The first-order chi connectivity index (χ1) is 11.6. The SMILES string of the molecule is Cc1ccc(Cl)cc1NC(=O)C(C)(C)C(=O)Nc1ccc(F)c(F)c1. The van der Waals surface area contributed by atoms with E-state index in [1.54, 1.807) is 25.1 Å². The van der Waals surface area contributed by atoms with Crippen molar-refractivity contribution in [3.8, 4) is 0 Å². The predicted molar refractivity (Wildman–Crippen MR) is 93.6 cm³/mol. The lowest BCUT2D eigenvalue weighted by atomic mass is 9.90. The molecule has 0 spiro atoms. The first-order valence-corrected chi connectivity index (χ1v) is 7.83. The Morgan fingerprint density at radius 1 is 0.960 bits per heavy atom. The number of carbonyl (C=O) groups is 2. The van der Waals surface area contributed by atoms with Crippen LogP contribution < -0.4 is 10.6 Å². The Labute approximate surface area is 149 Å². The number of halogens is 3. The monoisotopic (exact) mass is 366 g/mol. The summed E-state index contributed by atoms with van der Waals surface area (Å²) in [5, 5.41) is 5.52. The van der Waals surface area contributed by atoms with Gasteiger partial charge < -0.3 is 10.6 Å². The van der Waals surface area contributed by atoms with Crippen LogP contribution in [0, 0.1) is 24.0 Å². The van der Waals surface area contributed by atoms with Crippen LogP contribution in [0.4, 0.5) is 20.2 Å². The van der Waals surface area contributed by atoms with Crippen LogP contribution in [0.15, 0.2) is 36.4 Å². The molecule has 0 radical (unpaired) electrons. The van der Waals surface area contributed by atoms with Crippen LogP contribution in [0.1, 0.15) is 19.4 Å². The van der Waals surface area contributed by atoms with Crippen molar-refractivity contribution in [2.45, 2.75) is 20.8 Å². The van der Waals surface area contributed by atoms with Crippen molar-refractivity contribution >= 4 is 34.8 Å². The highest BCUT2D eigenvalue weighted by atomic mass is 35.5. The van der Waals surface area contributed by atoms with Gasteiger partial charge in [0.1, 0.15) is 5.41 Å². The molecule has 2 aromatic carbocycles. The van der Waals surface area contributed by atoms with Gasteiger partial charge in [-0.3, -0.25) is 9.59 Å².